The second-order valence-electron chi connectivity index (χ2n) is 10.5. The normalized spacial score (nSPS) is 14.7. The van der Waals surface area contributed by atoms with Gasteiger partial charge in [0.05, 0.1) is 17.2 Å². The fraction of sp³-hybridized carbons (Fsp3) is 0.406. The van der Waals surface area contributed by atoms with E-state index >= 15 is 0 Å². The van der Waals surface area contributed by atoms with E-state index in [9.17, 15) is 4.79 Å². The lowest BCUT2D eigenvalue weighted by Gasteiger charge is -2.14. The number of thioether (sulfide) groups is 1. The SMILES string of the molecule is CCCCCCCCN1C(=O)C(=Cc2cn(-c3ccccc3)nc2-c2ccc(OCC(C)C)c(C)c2)SC1=S. The number of nitrogens with zero attached hydrogens (tertiary/aromatic N) is 3. The van der Waals surface area contributed by atoms with Crippen molar-refractivity contribution < 1.29 is 9.53 Å². The second-order valence-corrected chi connectivity index (χ2v) is 12.2. The van der Waals surface area contributed by atoms with Crippen molar-refractivity contribution in [2.45, 2.75) is 66.2 Å². The van der Waals surface area contributed by atoms with Gasteiger partial charge in [-0.3, -0.25) is 9.69 Å². The number of unbranched alkanes of at least 4 members (excludes halogenated alkanes) is 5. The van der Waals surface area contributed by atoms with Crippen molar-refractivity contribution in [3.8, 4) is 22.7 Å². The smallest absolute Gasteiger partial charge is 0.266 e. The van der Waals surface area contributed by atoms with Gasteiger partial charge in [0, 0.05) is 23.9 Å². The minimum atomic E-state index is -0.00872. The highest BCUT2D eigenvalue weighted by Crippen LogP contribution is 2.36. The summed E-state index contributed by atoms with van der Waals surface area (Å²) in [5, 5.41) is 4.95. The molecule has 2 heterocycles. The largest absolute Gasteiger partial charge is 0.493 e. The van der Waals surface area contributed by atoms with Crippen LogP contribution in [0, 0.1) is 12.8 Å². The third-order valence-corrected chi connectivity index (χ3v) is 8.06. The lowest BCUT2D eigenvalue weighted by atomic mass is 10.0. The third-order valence-electron chi connectivity index (χ3n) is 6.68. The molecule has 39 heavy (non-hydrogen) atoms. The van der Waals surface area contributed by atoms with E-state index in [1.807, 2.05) is 59.4 Å². The molecule has 0 N–H and O–H groups in total. The minimum Gasteiger partial charge on any atom is -0.493 e. The number of aromatic nitrogens is 2. The number of carbonyl (C=O) groups excluding carboxylic acids is 1. The molecule has 1 aromatic heterocycles. The zero-order chi connectivity index (χ0) is 27.8. The van der Waals surface area contributed by atoms with E-state index in [2.05, 4.69) is 33.8 Å². The first kappa shape index (κ1) is 29.1. The molecule has 4 rings (SSSR count). The molecular formula is C32H39N3O2S2. The van der Waals surface area contributed by atoms with Gasteiger partial charge in [-0.1, -0.05) is 95.1 Å². The van der Waals surface area contributed by atoms with Gasteiger partial charge in [0.1, 0.15) is 15.8 Å². The predicted octanol–water partition coefficient (Wildman–Crippen LogP) is 8.44. The Balaban J connectivity index is 1.60. The highest BCUT2D eigenvalue weighted by molar-refractivity contribution is 8.26. The molecule has 2 aromatic carbocycles. The Morgan fingerprint density at radius 3 is 2.51 bits per heavy atom. The van der Waals surface area contributed by atoms with Crippen LogP contribution in [0.15, 0.2) is 59.6 Å². The Bertz CT molecular complexity index is 1310. The van der Waals surface area contributed by atoms with Gasteiger partial charge in [-0.15, -0.1) is 0 Å². The van der Waals surface area contributed by atoms with Gasteiger partial charge < -0.3 is 4.74 Å². The molecule has 5 nitrogen and oxygen atoms in total. The standard InChI is InChI=1S/C32H39N3O2S2/c1-5-6-7-8-9-13-18-34-31(36)29(39-32(34)38)20-26-21-35(27-14-11-10-12-15-27)33-30(26)25-16-17-28(24(4)19-25)37-22-23(2)3/h10-12,14-17,19-21,23H,5-9,13,18,22H2,1-4H3. The number of para-hydroxylation sites is 1. The molecule has 1 aliphatic rings. The highest BCUT2D eigenvalue weighted by atomic mass is 32.2. The zero-order valence-electron chi connectivity index (χ0n) is 23.5. The van der Waals surface area contributed by atoms with Gasteiger partial charge in [-0.05, 0) is 61.2 Å². The lowest BCUT2D eigenvalue weighted by Crippen LogP contribution is -2.29. The summed E-state index contributed by atoms with van der Waals surface area (Å²) in [7, 11) is 0. The Hall–Kier alpha value is -2.90. The Morgan fingerprint density at radius 2 is 1.79 bits per heavy atom. The Kier molecular flexibility index (Phi) is 10.4. The molecular weight excluding hydrogens is 523 g/mol. The van der Waals surface area contributed by atoms with Gasteiger partial charge in [0.25, 0.3) is 5.91 Å². The van der Waals surface area contributed by atoms with E-state index in [0.29, 0.717) is 28.3 Å². The lowest BCUT2D eigenvalue weighted by molar-refractivity contribution is -0.122. The van der Waals surface area contributed by atoms with Crippen molar-refractivity contribution in [3.05, 3.63) is 70.8 Å². The summed E-state index contributed by atoms with van der Waals surface area (Å²) in [4.78, 5) is 15.8. The summed E-state index contributed by atoms with van der Waals surface area (Å²) < 4.78 is 8.50. The molecule has 0 aliphatic carbocycles. The monoisotopic (exact) mass is 561 g/mol. The van der Waals surface area contributed by atoms with E-state index in [0.717, 1.165) is 46.7 Å². The predicted molar refractivity (Wildman–Crippen MR) is 167 cm³/mol. The number of hydrogen-bond donors (Lipinski definition) is 0. The fourth-order valence-corrected chi connectivity index (χ4v) is 5.83. The number of ether oxygens (including phenoxy) is 1. The van der Waals surface area contributed by atoms with E-state index in [-0.39, 0.29) is 5.91 Å². The number of rotatable bonds is 13. The van der Waals surface area contributed by atoms with Crippen LogP contribution in [0.25, 0.3) is 23.0 Å². The van der Waals surface area contributed by atoms with Crippen molar-refractivity contribution in [3.63, 3.8) is 0 Å². The van der Waals surface area contributed by atoms with E-state index < -0.39 is 0 Å². The number of benzene rings is 2. The first-order valence-electron chi connectivity index (χ1n) is 14.0. The molecule has 1 saturated heterocycles. The van der Waals surface area contributed by atoms with E-state index in [1.54, 1.807) is 4.90 Å². The topological polar surface area (TPSA) is 47.4 Å². The molecule has 7 heteroatoms. The maximum absolute atomic E-state index is 13.3. The molecule has 0 saturated carbocycles. The third kappa shape index (κ3) is 7.61. The summed E-state index contributed by atoms with van der Waals surface area (Å²) in [5.74, 6) is 1.33. The molecule has 1 fully saturated rings. The number of hydrogen-bond acceptors (Lipinski definition) is 5. The van der Waals surface area contributed by atoms with Crippen LogP contribution in [-0.4, -0.2) is 38.1 Å². The van der Waals surface area contributed by atoms with Crippen molar-refractivity contribution in [1.82, 2.24) is 14.7 Å². The maximum atomic E-state index is 13.3. The minimum absolute atomic E-state index is 0.00872. The van der Waals surface area contributed by atoms with Crippen LogP contribution >= 0.6 is 24.0 Å². The molecule has 0 atom stereocenters. The summed E-state index contributed by atoms with van der Waals surface area (Å²) >= 11 is 6.99. The quantitative estimate of drug-likeness (QED) is 0.119. The zero-order valence-corrected chi connectivity index (χ0v) is 25.1. The first-order chi connectivity index (χ1) is 18.9. The van der Waals surface area contributed by atoms with Gasteiger partial charge in [0.2, 0.25) is 0 Å². The van der Waals surface area contributed by atoms with Crippen LogP contribution < -0.4 is 4.74 Å². The summed E-state index contributed by atoms with van der Waals surface area (Å²) in [6.07, 6.45) is 11.0. The fourth-order valence-electron chi connectivity index (χ4n) is 4.53. The Labute approximate surface area is 242 Å². The van der Waals surface area contributed by atoms with Crippen LogP contribution in [0.5, 0.6) is 5.75 Å². The molecule has 1 aliphatic heterocycles. The first-order valence-corrected chi connectivity index (χ1v) is 15.2. The number of aryl methyl sites for hydroxylation is 1. The molecule has 1 amide bonds. The Morgan fingerprint density at radius 1 is 1.05 bits per heavy atom. The van der Waals surface area contributed by atoms with Crippen LogP contribution in [-0.2, 0) is 4.79 Å². The van der Waals surface area contributed by atoms with E-state index in [1.165, 1.54) is 37.4 Å². The summed E-state index contributed by atoms with van der Waals surface area (Å²) in [6, 6.07) is 16.2. The van der Waals surface area contributed by atoms with Crippen LogP contribution in [0.1, 0.15) is 70.4 Å². The molecule has 0 bridgehead atoms. The molecule has 0 unspecified atom stereocenters. The highest BCUT2D eigenvalue weighted by Gasteiger charge is 2.32. The van der Waals surface area contributed by atoms with Crippen molar-refractivity contribution in [2.75, 3.05) is 13.2 Å². The van der Waals surface area contributed by atoms with Gasteiger partial charge in [-0.25, -0.2) is 4.68 Å². The average Bonchev–Trinajstić information content (AvgIpc) is 3.46. The molecule has 0 spiro atoms. The van der Waals surface area contributed by atoms with Gasteiger partial charge in [-0.2, -0.15) is 5.10 Å². The molecule has 206 valence electrons. The second kappa shape index (κ2) is 13.9. The van der Waals surface area contributed by atoms with Crippen LogP contribution in [0.4, 0.5) is 0 Å². The number of amides is 1. The molecule has 3 aromatic rings. The summed E-state index contributed by atoms with van der Waals surface area (Å²) in [6.45, 7) is 9.92. The van der Waals surface area contributed by atoms with Crippen LogP contribution in [0.2, 0.25) is 0 Å². The van der Waals surface area contributed by atoms with Crippen molar-refractivity contribution in [2.24, 2.45) is 5.92 Å². The molecule has 0 radical (unpaired) electrons. The maximum Gasteiger partial charge on any atom is 0.266 e. The number of thiocarbonyl (C=S) groups is 1. The summed E-state index contributed by atoms with van der Waals surface area (Å²) in [5.41, 5.74) is 4.70. The average molecular weight is 562 g/mol. The van der Waals surface area contributed by atoms with Gasteiger partial charge >= 0.3 is 0 Å². The van der Waals surface area contributed by atoms with Crippen molar-refractivity contribution in [1.29, 1.82) is 0 Å². The van der Waals surface area contributed by atoms with E-state index in [4.69, 9.17) is 22.1 Å². The van der Waals surface area contributed by atoms with Gasteiger partial charge in [0.15, 0.2) is 0 Å². The van der Waals surface area contributed by atoms with Crippen molar-refractivity contribution >= 4 is 40.3 Å². The number of carbonyl (C=O) groups is 1. The van der Waals surface area contributed by atoms with Crippen LogP contribution in [0.3, 0.4) is 0 Å².